The maximum absolute atomic E-state index is 13.1. The third kappa shape index (κ3) is 6.49. The van der Waals surface area contributed by atoms with Crippen LogP contribution in [0.1, 0.15) is 29.8 Å². The van der Waals surface area contributed by atoms with Gasteiger partial charge in [0.1, 0.15) is 0 Å². The van der Waals surface area contributed by atoms with Gasteiger partial charge in [0.05, 0.1) is 36.2 Å². The summed E-state index contributed by atoms with van der Waals surface area (Å²) in [5, 5.41) is 4.87. The van der Waals surface area contributed by atoms with Crippen molar-refractivity contribution >= 4 is 29.0 Å². The van der Waals surface area contributed by atoms with Crippen LogP contribution in [0.15, 0.2) is 84.0 Å². The zero-order valence-corrected chi connectivity index (χ0v) is 20.6. The van der Waals surface area contributed by atoms with Crippen molar-refractivity contribution in [3.8, 4) is 22.8 Å². The Morgan fingerprint density at radius 1 is 0.892 bits per heavy atom. The summed E-state index contributed by atoms with van der Waals surface area (Å²) in [6.45, 7) is 4.05. The maximum Gasteiger partial charge on any atom is 0.344 e. The Balaban J connectivity index is 1.52. The van der Waals surface area contributed by atoms with E-state index >= 15 is 0 Å². The van der Waals surface area contributed by atoms with Gasteiger partial charge < -0.3 is 14.2 Å². The SMILES string of the molecule is CCOC(=O)COc1ccc(/C=N/NC(=O)c2cc(-c3ccccc3)nc3ccccc23)cc1OCC. The van der Waals surface area contributed by atoms with Gasteiger partial charge in [-0.15, -0.1) is 0 Å². The Hall–Kier alpha value is -4.72. The average molecular weight is 498 g/mol. The van der Waals surface area contributed by atoms with Gasteiger partial charge in [-0.05, 0) is 49.7 Å². The van der Waals surface area contributed by atoms with Gasteiger partial charge >= 0.3 is 5.97 Å². The van der Waals surface area contributed by atoms with Gasteiger partial charge in [-0.25, -0.2) is 15.2 Å². The van der Waals surface area contributed by atoms with Crippen LogP contribution in [0.5, 0.6) is 11.5 Å². The highest BCUT2D eigenvalue weighted by molar-refractivity contribution is 6.07. The number of benzene rings is 3. The molecule has 0 radical (unpaired) electrons. The Labute approximate surface area is 214 Å². The summed E-state index contributed by atoms with van der Waals surface area (Å²) >= 11 is 0. The molecule has 188 valence electrons. The van der Waals surface area contributed by atoms with Crippen molar-refractivity contribution in [2.75, 3.05) is 19.8 Å². The van der Waals surface area contributed by atoms with Crippen LogP contribution in [0.25, 0.3) is 22.2 Å². The fourth-order valence-corrected chi connectivity index (χ4v) is 3.68. The molecule has 0 aliphatic rings. The van der Waals surface area contributed by atoms with Crippen molar-refractivity contribution in [3.63, 3.8) is 0 Å². The number of nitrogens with one attached hydrogen (secondary N) is 1. The number of ether oxygens (including phenoxy) is 3. The van der Waals surface area contributed by atoms with Crippen LogP contribution in [-0.2, 0) is 9.53 Å². The lowest BCUT2D eigenvalue weighted by Gasteiger charge is -2.12. The third-order valence-corrected chi connectivity index (χ3v) is 5.33. The maximum atomic E-state index is 13.1. The van der Waals surface area contributed by atoms with Gasteiger partial charge in [0.2, 0.25) is 0 Å². The fourth-order valence-electron chi connectivity index (χ4n) is 3.68. The van der Waals surface area contributed by atoms with E-state index in [9.17, 15) is 9.59 Å². The normalized spacial score (nSPS) is 10.9. The van der Waals surface area contributed by atoms with Crippen LogP contribution in [-0.4, -0.2) is 42.9 Å². The first kappa shape index (κ1) is 25.4. The molecule has 0 spiro atoms. The lowest BCUT2D eigenvalue weighted by molar-refractivity contribution is -0.145. The molecule has 0 fully saturated rings. The number of para-hydroxylation sites is 1. The van der Waals surface area contributed by atoms with Gasteiger partial charge in [0.15, 0.2) is 18.1 Å². The molecule has 0 atom stereocenters. The molecule has 4 aromatic rings. The van der Waals surface area contributed by atoms with Crippen molar-refractivity contribution in [2.45, 2.75) is 13.8 Å². The lowest BCUT2D eigenvalue weighted by atomic mass is 10.0. The molecule has 1 amide bonds. The van der Waals surface area contributed by atoms with Crippen LogP contribution >= 0.6 is 0 Å². The number of carbonyl (C=O) groups excluding carboxylic acids is 2. The number of hydrogen-bond donors (Lipinski definition) is 1. The Morgan fingerprint density at radius 2 is 1.68 bits per heavy atom. The number of fused-ring (bicyclic) bond motifs is 1. The molecule has 8 nitrogen and oxygen atoms in total. The molecule has 1 aromatic heterocycles. The van der Waals surface area contributed by atoms with E-state index < -0.39 is 5.97 Å². The second kappa shape index (κ2) is 12.3. The molecule has 0 bridgehead atoms. The zero-order valence-electron chi connectivity index (χ0n) is 20.6. The van der Waals surface area contributed by atoms with E-state index in [-0.39, 0.29) is 19.1 Å². The minimum Gasteiger partial charge on any atom is -0.490 e. The second-order valence-electron chi connectivity index (χ2n) is 7.87. The molecule has 37 heavy (non-hydrogen) atoms. The van der Waals surface area contributed by atoms with Crippen LogP contribution in [0, 0.1) is 0 Å². The molecular weight excluding hydrogens is 470 g/mol. The van der Waals surface area contributed by atoms with Crippen LogP contribution in [0.3, 0.4) is 0 Å². The molecule has 1 heterocycles. The molecule has 0 aliphatic heterocycles. The average Bonchev–Trinajstić information content (AvgIpc) is 2.92. The predicted molar refractivity (Wildman–Crippen MR) is 142 cm³/mol. The quantitative estimate of drug-likeness (QED) is 0.188. The number of esters is 1. The molecule has 0 saturated carbocycles. The molecular formula is C29H27N3O5. The van der Waals surface area contributed by atoms with E-state index in [0.717, 1.165) is 16.5 Å². The highest BCUT2D eigenvalue weighted by Crippen LogP contribution is 2.28. The lowest BCUT2D eigenvalue weighted by Crippen LogP contribution is -2.18. The number of hydrazone groups is 1. The smallest absolute Gasteiger partial charge is 0.344 e. The summed E-state index contributed by atoms with van der Waals surface area (Å²) in [6.07, 6.45) is 1.51. The number of carbonyl (C=O) groups is 2. The summed E-state index contributed by atoms with van der Waals surface area (Å²) in [6, 6.07) is 24.1. The Morgan fingerprint density at radius 3 is 2.46 bits per heavy atom. The first-order valence-corrected chi connectivity index (χ1v) is 11.9. The number of amides is 1. The summed E-state index contributed by atoms with van der Waals surface area (Å²) < 4.78 is 16.1. The fraction of sp³-hybridized carbons (Fsp3) is 0.172. The van der Waals surface area contributed by atoms with E-state index in [1.54, 1.807) is 31.2 Å². The van der Waals surface area contributed by atoms with Crippen LogP contribution in [0.2, 0.25) is 0 Å². The van der Waals surface area contributed by atoms with E-state index in [2.05, 4.69) is 10.5 Å². The van der Waals surface area contributed by atoms with Gasteiger partial charge in [0.25, 0.3) is 5.91 Å². The van der Waals surface area contributed by atoms with Crippen molar-refractivity contribution in [2.24, 2.45) is 5.10 Å². The predicted octanol–water partition coefficient (Wildman–Crippen LogP) is 5.01. The molecule has 0 saturated heterocycles. The second-order valence-corrected chi connectivity index (χ2v) is 7.87. The Bertz CT molecular complexity index is 1420. The van der Waals surface area contributed by atoms with E-state index in [1.165, 1.54) is 6.21 Å². The number of aromatic nitrogens is 1. The highest BCUT2D eigenvalue weighted by atomic mass is 16.6. The summed E-state index contributed by atoms with van der Waals surface area (Å²) in [7, 11) is 0. The summed E-state index contributed by atoms with van der Waals surface area (Å²) in [4.78, 5) is 29.4. The minimum atomic E-state index is -0.461. The molecule has 3 aromatic carbocycles. The van der Waals surface area contributed by atoms with Crippen LogP contribution < -0.4 is 14.9 Å². The topological polar surface area (TPSA) is 99.1 Å². The highest BCUT2D eigenvalue weighted by Gasteiger charge is 2.14. The Kier molecular flexibility index (Phi) is 8.44. The zero-order chi connectivity index (χ0) is 26.0. The molecule has 8 heteroatoms. The van der Waals surface area contributed by atoms with Crippen molar-refractivity contribution in [1.82, 2.24) is 10.4 Å². The molecule has 0 unspecified atom stereocenters. The first-order chi connectivity index (χ1) is 18.1. The molecule has 0 aliphatic carbocycles. The van der Waals surface area contributed by atoms with Crippen molar-refractivity contribution in [1.29, 1.82) is 0 Å². The van der Waals surface area contributed by atoms with Gasteiger partial charge in [-0.1, -0.05) is 48.5 Å². The summed E-state index contributed by atoms with van der Waals surface area (Å²) in [5.74, 6) is 0.0475. The van der Waals surface area contributed by atoms with Gasteiger partial charge in [-0.3, -0.25) is 4.79 Å². The van der Waals surface area contributed by atoms with E-state index in [1.807, 2.05) is 61.5 Å². The molecule has 1 N–H and O–H groups in total. The third-order valence-electron chi connectivity index (χ3n) is 5.33. The van der Waals surface area contributed by atoms with Gasteiger partial charge in [-0.2, -0.15) is 5.10 Å². The molecule has 4 rings (SSSR count). The number of pyridine rings is 1. The largest absolute Gasteiger partial charge is 0.490 e. The van der Waals surface area contributed by atoms with Gasteiger partial charge in [0, 0.05) is 10.9 Å². The first-order valence-electron chi connectivity index (χ1n) is 11.9. The number of rotatable bonds is 10. The van der Waals surface area contributed by atoms with E-state index in [0.29, 0.717) is 34.9 Å². The van der Waals surface area contributed by atoms with Crippen LogP contribution in [0.4, 0.5) is 0 Å². The van der Waals surface area contributed by atoms with Crippen molar-refractivity contribution in [3.05, 3.63) is 90.0 Å². The standard InChI is InChI=1S/C29H27N3O5/c1-3-35-27-16-20(14-15-26(27)37-19-28(33)36-4-2)18-30-32-29(34)23-17-25(21-10-6-5-7-11-21)31-24-13-9-8-12-22(23)24/h5-18H,3-4,19H2,1-2H3,(H,32,34)/b30-18+. The summed E-state index contributed by atoms with van der Waals surface area (Å²) in [5.41, 5.74) is 6.10. The van der Waals surface area contributed by atoms with E-state index in [4.69, 9.17) is 19.2 Å². The number of hydrogen-bond acceptors (Lipinski definition) is 7. The number of nitrogens with zero attached hydrogens (tertiary/aromatic N) is 2. The monoisotopic (exact) mass is 497 g/mol. The van der Waals surface area contributed by atoms with Crippen molar-refractivity contribution < 1.29 is 23.8 Å². The minimum absolute atomic E-state index is 0.220.